The highest BCUT2D eigenvalue weighted by atomic mass is 32.2. The molecule has 0 aliphatic rings. The molecule has 1 N–H and O–H groups in total. The fraction of sp³-hybridized carbons (Fsp3) is 0.182. The zero-order valence-corrected chi connectivity index (χ0v) is 9.57. The summed E-state index contributed by atoms with van der Waals surface area (Å²) in [5.74, 6) is -0.986. The maximum Gasteiger partial charge on any atom is 0.307 e. The molecule has 4 nitrogen and oxygen atoms in total. The van der Waals surface area contributed by atoms with E-state index in [1.165, 1.54) is 24.3 Å². The van der Waals surface area contributed by atoms with Gasteiger partial charge in [0.25, 0.3) is 0 Å². The highest BCUT2D eigenvalue weighted by Gasteiger charge is 2.11. The van der Waals surface area contributed by atoms with Crippen molar-refractivity contribution in [2.24, 2.45) is 0 Å². The molecule has 16 heavy (non-hydrogen) atoms. The van der Waals surface area contributed by atoms with Crippen molar-refractivity contribution in [2.75, 3.05) is 0 Å². The lowest BCUT2D eigenvalue weighted by molar-refractivity contribution is -0.136. The first-order valence-corrected chi connectivity index (χ1v) is 6.19. The predicted molar refractivity (Wildman–Crippen MR) is 59.8 cm³/mol. The Morgan fingerprint density at radius 1 is 1.44 bits per heavy atom. The third-order valence-electron chi connectivity index (χ3n) is 1.90. The second kappa shape index (κ2) is 4.94. The minimum Gasteiger partial charge on any atom is -0.481 e. The van der Waals surface area contributed by atoms with E-state index in [0.717, 1.165) is 5.41 Å². The fourth-order valence-electron chi connectivity index (χ4n) is 1.26. The van der Waals surface area contributed by atoms with Crippen LogP contribution in [0.1, 0.15) is 12.5 Å². The molecule has 1 aromatic carbocycles. The quantitative estimate of drug-likeness (QED) is 0.868. The lowest BCUT2D eigenvalue weighted by Crippen LogP contribution is -2.02. The van der Waals surface area contributed by atoms with Gasteiger partial charge >= 0.3 is 5.97 Å². The molecule has 0 unspecified atom stereocenters. The highest BCUT2D eigenvalue weighted by molar-refractivity contribution is 7.94. The number of carboxylic acids is 1. The van der Waals surface area contributed by atoms with Crippen molar-refractivity contribution in [2.45, 2.75) is 18.2 Å². The molecule has 0 aromatic heterocycles. The zero-order valence-electron chi connectivity index (χ0n) is 8.75. The maximum atomic E-state index is 11.6. The van der Waals surface area contributed by atoms with Gasteiger partial charge in [-0.3, -0.25) is 4.79 Å². The van der Waals surface area contributed by atoms with Crippen LogP contribution >= 0.6 is 0 Å². The van der Waals surface area contributed by atoms with Crippen molar-refractivity contribution < 1.29 is 18.3 Å². The third kappa shape index (κ3) is 3.20. The smallest absolute Gasteiger partial charge is 0.307 e. The molecule has 1 aromatic rings. The Kier molecular flexibility index (Phi) is 3.84. The van der Waals surface area contributed by atoms with Crippen LogP contribution in [0.5, 0.6) is 0 Å². The number of allylic oxidation sites excluding steroid dienone is 1. The minimum absolute atomic E-state index is 0.115. The first-order valence-electron chi connectivity index (χ1n) is 4.64. The number of sulfone groups is 1. The van der Waals surface area contributed by atoms with E-state index in [1.54, 1.807) is 13.0 Å². The summed E-state index contributed by atoms with van der Waals surface area (Å²) in [6, 6.07) is 5.95. The van der Waals surface area contributed by atoms with Gasteiger partial charge in [0.1, 0.15) is 0 Å². The van der Waals surface area contributed by atoms with Gasteiger partial charge in [-0.25, -0.2) is 8.42 Å². The Balaban J connectivity index is 3.13. The average Bonchev–Trinajstić information content (AvgIpc) is 2.17. The number of carboxylic acid groups (broad SMARTS) is 1. The van der Waals surface area contributed by atoms with Crippen LogP contribution in [-0.4, -0.2) is 19.5 Å². The van der Waals surface area contributed by atoms with Crippen LogP contribution in [-0.2, 0) is 21.1 Å². The molecule has 0 aliphatic carbocycles. The predicted octanol–water partition coefficient (Wildman–Crippen LogP) is 1.62. The first-order chi connectivity index (χ1) is 7.45. The van der Waals surface area contributed by atoms with Crippen LogP contribution < -0.4 is 0 Å². The standard InChI is InChI=1S/C11H12O4S/c1-2-6-16(14,15)10-5-3-4-9(7-10)8-11(12)13/h2-7H,8H2,1H3,(H,12,13)/b6-2+. The molecule has 0 radical (unpaired) electrons. The number of hydrogen-bond acceptors (Lipinski definition) is 3. The molecule has 0 heterocycles. The summed E-state index contributed by atoms with van der Waals surface area (Å²) < 4.78 is 23.3. The van der Waals surface area contributed by atoms with Crippen LogP contribution in [0.3, 0.4) is 0 Å². The largest absolute Gasteiger partial charge is 0.481 e. The van der Waals surface area contributed by atoms with E-state index in [1.807, 2.05) is 0 Å². The van der Waals surface area contributed by atoms with E-state index in [9.17, 15) is 13.2 Å². The van der Waals surface area contributed by atoms with Crippen LogP contribution in [0.4, 0.5) is 0 Å². The van der Waals surface area contributed by atoms with Crippen LogP contribution in [0, 0.1) is 0 Å². The van der Waals surface area contributed by atoms with E-state index in [2.05, 4.69) is 0 Å². The molecule has 1 rings (SSSR count). The van der Waals surface area contributed by atoms with Gasteiger partial charge in [-0.15, -0.1) is 0 Å². The topological polar surface area (TPSA) is 71.4 Å². The van der Waals surface area contributed by atoms with E-state index >= 15 is 0 Å². The van der Waals surface area contributed by atoms with Gasteiger partial charge in [0.15, 0.2) is 9.84 Å². The van der Waals surface area contributed by atoms with Crippen molar-refractivity contribution in [1.29, 1.82) is 0 Å². The second-order valence-corrected chi connectivity index (χ2v) is 5.07. The molecule has 0 saturated carbocycles. The van der Waals surface area contributed by atoms with E-state index < -0.39 is 15.8 Å². The van der Waals surface area contributed by atoms with Crippen molar-refractivity contribution in [3.8, 4) is 0 Å². The van der Waals surface area contributed by atoms with Crippen molar-refractivity contribution >= 4 is 15.8 Å². The molecular formula is C11H12O4S. The Morgan fingerprint density at radius 2 is 2.12 bits per heavy atom. The number of carbonyl (C=O) groups is 1. The SMILES string of the molecule is C/C=C/S(=O)(=O)c1cccc(CC(=O)O)c1. The molecular weight excluding hydrogens is 228 g/mol. The minimum atomic E-state index is -3.44. The van der Waals surface area contributed by atoms with Crippen LogP contribution in [0.2, 0.25) is 0 Å². The number of benzene rings is 1. The molecule has 0 fully saturated rings. The maximum absolute atomic E-state index is 11.6. The van der Waals surface area contributed by atoms with Gasteiger partial charge in [0.05, 0.1) is 11.3 Å². The van der Waals surface area contributed by atoms with Crippen molar-refractivity contribution in [3.05, 3.63) is 41.3 Å². The van der Waals surface area contributed by atoms with E-state index in [0.29, 0.717) is 5.56 Å². The number of rotatable bonds is 4. The summed E-state index contributed by atoms with van der Waals surface area (Å²) in [7, 11) is -3.44. The third-order valence-corrected chi connectivity index (χ3v) is 3.44. The number of hydrogen-bond donors (Lipinski definition) is 1. The van der Waals surface area contributed by atoms with E-state index in [-0.39, 0.29) is 11.3 Å². The van der Waals surface area contributed by atoms with Gasteiger partial charge in [0.2, 0.25) is 0 Å². The molecule has 0 aliphatic heterocycles. The molecule has 0 bridgehead atoms. The molecule has 0 spiro atoms. The summed E-state index contributed by atoms with van der Waals surface area (Å²) in [5, 5.41) is 9.69. The van der Waals surface area contributed by atoms with Gasteiger partial charge in [0, 0.05) is 5.41 Å². The monoisotopic (exact) mass is 240 g/mol. The van der Waals surface area contributed by atoms with Crippen molar-refractivity contribution in [1.82, 2.24) is 0 Å². The lowest BCUT2D eigenvalue weighted by Gasteiger charge is -2.01. The van der Waals surface area contributed by atoms with Gasteiger partial charge < -0.3 is 5.11 Å². The normalized spacial score (nSPS) is 11.8. The highest BCUT2D eigenvalue weighted by Crippen LogP contribution is 2.14. The molecule has 0 amide bonds. The summed E-state index contributed by atoms with van der Waals surface area (Å²) in [6.07, 6.45) is 1.25. The Hall–Kier alpha value is -1.62. The Labute approximate surface area is 94.1 Å². The average molecular weight is 240 g/mol. The van der Waals surface area contributed by atoms with Crippen LogP contribution in [0.15, 0.2) is 40.6 Å². The number of aliphatic carboxylic acids is 1. The van der Waals surface area contributed by atoms with Gasteiger partial charge in [-0.2, -0.15) is 0 Å². The van der Waals surface area contributed by atoms with Gasteiger partial charge in [-0.1, -0.05) is 18.2 Å². The lowest BCUT2D eigenvalue weighted by atomic mass is 10.2. The summed E-state index contributed by atoms with van der Waals surface area (Å²) in [6.45, 7) is 1.61. The summed E-state index contributed by atoms with van der Waals surface area (Å²) >= 11 is 0. The van der Waals surface area contributed by atoms with Crippen molar-refractivity contribution in [3.63, 3.8) is 0 Å². The second-order valence-electron chi connectivity index (χ2n) is 3.23. The first kappa shape index (κ1) is 12.4. The Bertz CT molecular complexity index is 515. The summed E-state index contributed by atoms with van der Waals surface area (Å²) in [4.78, 5) is 10.6. The fourth-order valence-corrected chi connectivity index (χ4v) is 2.36. The molecule has 86 valence electrons. The molecule has 5 heteroatoms. The Morgan fingerprint density at radius 3 is 2.69 bits per heavy atom. The van der Waals surface area contributed by atoms with Crippen LogP contribution in [0.25, 0.3) is 0 Å². The molecule has 0 saturated heterocycles. The van der Waals surface area contributed by atoms with Gasteiger partial charge in [-0.05, 0) is 24.6 Å². The zero-order chi connectivity index (χ0) is 12.2. The van der Waals surface area contributed by atoms with E-state index in [4.69, 9.17) is 5.11 Å². The summed E-state index contributed by atoms with van der Waals surface area (Å²) in [5.41, 5.74) is 0.470. The molecule has 0 atom stereocenters.